The van der Waals surface area contributed by atoms with Crippen LogP contribution in [0.4, 0.5) is 5.69 Å². The number of aryl methyl sites for hydroxylation is 3. The first kappa shape index (κ1) is 19.8. The summed E-state index contributed by atoms with van der Waals surface area (Å²) in [6, 6.07) is 7.74. The zero-order valence-corrected chi connectivity index (χ0v) is 17.3. The second kappa shape index (κ2) is 8.84. The lowest BCUT2D eigenvalue weighted by Crippen LogP contribution is -2.34. The van der Waals surface area contributed by atoms with E-state index in [4.69, 9.17) is 12.2 Å². The molecule has 27 heavy (non-hydrogen) atoms. The zero-order valence-electron chi connectivity index (χ0n) is 15.6. The summed E-state index contributed by atoms with van der Waals surface area (Å²) in [7, 11) is 0. The Morgan fingerprint density at radius 3 is 2.63 bits per heavy atom. The third-order valence-corrected chi connectivity index (χ3v) is 5.25. The minimum Gasteiger partial charge on any atom is -0.350 e. The Hall–Kier alpha value is -1.93. The number of thiol groups is 1. The van der Waals surface area contributed by atoms with E-state index in [0.29, 0.717) is 5.11 Å². The number of aromatic nitrogens is 3. The SMILES string of the molecule is CC(C)C1NC(=S)N(c2ccc(CCc3cn(CCCS)nn3)cc2)C1=O. The van der Waals surface area contributed by atoms with Gasteiger partial charge in [0, 0.05) is 12.7 Å². The number of nitrogens with one attached hydrogen (secondary N) is 1. The van der Waals surface area contributed by atoms with Gasteiger partial charge in [-0.1, -0.05) is 31.2 Å². The summed E-state index contributed by atoms with van der Waals surface area (Å²) in [5.41, 5.74) is 2.98. The lowest BCUT2D eigenvalue weighted by Gasteiger charge is -2.16. The number of thiocarbonyl (C=S) groups is 1. The molecule has 0 radical (unpaired) electrons. The lowest BCUT2D eigenvalue weighted by molar-refractivity contribution is -0.119. The molecular formula is C19H25N5OS2. The van der Waals surface area contributed by atoms with Gasteiger partial charge in [-0.2, -0.15) is 12.6 Å². The molecule has 3 rings (SSSR count). The molecular weight excluding hydrogens is 378 g/mol. The number of carbonyl (C=O) groups excluding carboxylic acids is 1. The Bertz CT molecular complexity index is 803. The molecule has 1 aliphatic heterocycles. The number of rotatable bonds is 8. The van der Waals surface area contributed by atoms with E-state index in [1.165, 1.54) is 5.56 Å². The first-order chi connectivity index (χ1) is 13.0. The van der Waals surface area contributed by atoms with Crippen LogP contribution in [0.15, 0.2) is 30.5 Å². The van der Waals surface area contributed by atoms with Crippen molar-refractivity contribution < 1.29 is 4.79 Å². The van der Waals surface area contributed by atoms with Gasteiger partial charge in [0.2, 0.25) is 0 Å². The van der Waals surface area contributed by atoms with E-state index >= 15 is 0 Å². The summed E-state index contributed by atoms with van der Waals surface area (Å²) < 4.78 is 1.87. The van der Waals surface area contributed by atoms with Gasteiger partial charge in [-0.05, 0) is 60.8 Å². The van der Waals surface area contributed by atoms with E-state index in [2.05, 4.69) is 28.3 Å². The van der Waals surface area contributed by atoms with Crippen molar-refractivity contribution >= 4 is 41.6 Å². The Morgan fingerprint density at radius 1 is 1.26 bits per heavy atom. The second-order valence-corrected chi connectivity index (χ2v) is 7.90. The first-order valence-corrected chi connectivity index (χ1v) is 10.3. The Balaban J connectivity index is 1.60. The number of anilines is 1. The van der Waals surface area contributed by atoms with E-state index in [-0.39, 0.29) is 17.9 Å². The van der Waals surface area contributed by atoms with E-state index < -0.39 is 0 Å². The zero-order chi connectivity index (χ0) is 19.4. The van der Waals surface area contributed by atoms with E-state index in [1.807, 2.05) is 49.0 Å². The summed E-state index contributed by atoms with van der Waals surface area (Å²) in [5, 5.41) is 11.9. The van der Waals surface area contributed by atoms with Gasteiger partial charge < -0.3 is 5.32 Å². The molecule has 1 aromatic heterocycles. The fourth-order valence-corrected chi connectivity index (χ4v) is 3.54. The highest BCUT2D eigenvalue weighted by Gasteiger charge is 2.37. The fourth-order valence-electron chi connectivity index (χ4n) is 3.07. The molecule has 8 heteroatoms. The molecule has 1 amide bonds. The fraction of sp³-hybridized carbons (Fsp3) is 0.474. The normalized spacial score (nSPS) is 17.0. The summed E-state index contributed by atoms with van der Waals surface area (Å²) >= 11 is 9.56. The highest BCUT2D eigenvalue weighted by Crippen LogP contribution is 2.23. The predicted octanol–water partition coefficient (Wildman–Crippen LogP) is 2.63. The average Bonchev–Trinajstić information content (AvgIpc) is 3.23. The van der Waals surface area contributed by atoms with Crippen LogP contribution in [0.3, 0.4) is 0 Å². The van der Waals surface area contributed by atoms with Gasteiger partial charge in [0.1, 0.15) is 6.04 Å². The number of hydrogen-bond acceptors (Lipinski definition) is 5. The van der Waals surface area contributed by atoms with Gasteiger partial charge in [0.15, 0.2) is 5.11 Å². The predicted molar refractivity (Wildman–Crippen MR) is 114 cm³/mol. The maximum Gasteiger partial charge on any atom is 0.256 e. The quantitative estimate of drug-likeness (QED) is 0.524. The standard InChI is InChI=1S/C19H25N5OS2/c1-13(2)17-18(25)24(19(27)20-17)16-8-5-14(6-9-16)4-7-15-12-23(22-21-15)10-3-11-26/h5-6,8-9,12-13,17,26H,3-4,7,10-11H2,1-2H3,(H,20,27). The van der Waals surface area contributed by atoms with Crippen LogP contribution in [0.25, 0.3) is 0 Å². The van der Waals surface area contributed by atoms with Crippen molar-refractivity contribution in [2.75, 3.05) is 10.7 Å². The molecule has 1 fully saturated rings. The maximum absolute atomic E-state index is 12.6. The van der Waals surface area contributed by atoms with Crippen LogP contribution in [0.1, 0.15) is 31.5 Å². The highest BCUT2D eigenvalue weighted by molar-refractivity contribution is 7.80. The molecule has 6 nitrogen and oxygen atoms in total. The van der Waals surface area contributed by atoms with Crippen LogP contribution >= 0.6 is 24.8 Å². The number of benzene rings is 1. The van der Waals surface area contributed by atoms with Crippen molar-refractivity contribution in [1.82, 2.24) is 20.3 Å². The van der Waals surface area contributed by atoms with Crippen molar-refractivity contribution in [3.63, 3.8) is 0 Å². The number of nitrogens with zero attached hydrogens (tertiary/aromatic N) is 4. The monoisotopic (exact) mass is 403 g/mol. The smallest absolute Gasteiger partial charge is 0.256 e. The third-order valence-electron chi connectivity index (χ3n) is 4.63. The summed E-state index contributed by atoms with van der Waals surface area (Å²) in [6.45, 7) is 4.87. The highest BCUT2D eigenvalue weighted by atomic mass is 32.1. The van der Waals surface area contributed by atoms with Gasteiger partial charge in [0.25, 0.3) is 5.91 Å². The van der Waals surface area contributed by atoms with Crippen LogP contribution in [0, 0.1) is 5.92 Å². The minimum atomic E-state index is -0.248. The van der Waals surface area contributed by atoms with E-state index in [9.17, 15) is 4.79 Å². The Kier molecular flexibility index (Phi) is 6.49. The maximum atomic E-state index is 12.6. The van der Waals surface area contributed by atoms with Crippen LogP contribution in [-0.2, 0) is 24.2 Å². The topological polar surface area (TPSA) is 63.1 Å². The Morgan fingerprint density at radius 2 is 2.00 bits per heavy atom. The van der Waals surface area contributed by atoms with Gasteiger partial charge in [-0.3, -0.25) is 14.4 Å². The van der Waals surface area contributed by atoms with Crippen molar-refractivity contribution in [3.8, 4) is 0 Å². The molecule has 0 spiro atoms. The van der Waals surface area contributed by atoms with Crippen LogP contribution in [0.5, 0.6) is 0 Å². The molecule has 1 saturated heterocycles. The molecule has 0 saturated carbocycles. The summed E-state index contributed by atoms with van der Waals surface area (Å²) in [4.78, 5) is 14.2. The largest absolute Gasteiger partial charge is 0.350 e. The Labute approximate surface area is 170 Å². The molecule has 1 atom stereocenters. The number of amides is 1. The van der Waals surface area contributed by atoms with Crippen LogP contribution in [0.2, 0.25) is 0 Å². The molecule has 2 heterocycles. The van der Waals surface area contributed by atoms with Crippen LogP contribution in [-0.4, -0.2) is 37.8 Å². The van der Waals surface area contributed by atoms with E-state index in [0.717, 1.165) is 42.9 Å². The molecule has 1 aromatic carbocycles. The average molecular weight is 404 g/mol. The molecule has 1 aliphatic rings. The van der Waals surface area contributed by atoms with Gasteiger partial charge in [-0.25, -0.2) is 0 Å². The minimum absolute atomic E-state index is 0.0144. The molecule has 0 bridgehead atoms. The van der Waals surface area contributed by atoms with Crippen LogP contribution < -0.4 is 10.2 Å². The first-order valence-electron chi connectivity index (χ1n) is 9.23. The van der Waals surface area contributed by atoms with Crippen molar-refractivity contribution in [1.29, 1.82) is 0 Å². The number of carbonyl (C=O) groups is 1. The molecule has 2 aromatic rings. The van der Waals surface area contributed by atoms with Gasteiger partial charge >= 0.3 is 0 Å². The lowest BCUT2D eigenvalue weighted by atomic mass is 10.0. The van der Waals surface area contributed by atoms with Crippen molar-refractivity contribution in [2.24, 2.45) is 5.92 Å². The molecule has 1 N–H and O–H groups in total. The molecule has 0 aliphatic carbocycles. The molecule has 144 valence electrons. The summed E-state index contributed by atoms with van der Waals surface area (Å²) in [5.74, 6) is 1.05. The van der Waals surface area contributed by atoms with Gasteiger partial charge in [0.05, 0.1) is 11.4 Å². The molecule has 1 unspecified atom stereocenters. The number of hydrogen-bond donors (Lipinski definition) is 2. The summed E-state index contributed by atoms with van der Waals surface area (Å²) in [6.07, 6.45) is 4.68. The second-order valence-electron chi connectivity index (χ2n) is 7.06. The van der Waals surface area contributed by atoms with Crippen molar-refractivity contribution in [3.05, 3.63) is 41.7 Å². The van der Waals surface area contributed by atoms with E-state index in [1.54, 1.807) is 4.90 Å². The van der Waals surface area contributed by atoms with Gasteiger partial charge in [-0.15, -0.1) is 5.10 Å². The third kappa shape index (κ3) is 4.68. The van der Waals surface area contributed by atoms with Crippen molar-refractivity contribution in [2.45, 2.75) is 45.7 Å².